The fraction of sp³-hybridized carbons (Fsp3) is 0.385. The Kier molecular flexibility index (Phi) is 4.07. The number of carboxylic acid groups (broad SMARTS) is 1. The number of aromatic nitrogens is 2. The first-order valence-corrected chi connectivity index (χ1v) is 6.30. The number of pyridine rings is 1. The number of hydrogen-bond donors (Lipinski definition) is 1. The topological polar surface area (TPSA) is 64.4 Å². The molecule has 0 saturated heterocycles. The number of carbonyl (C=O) groups is 1. The largest absolute Gasteiger partial charge is 0.477 e. The maximum absolute atomic E-state index is 11.0. The molecule has 0 radical (unpaired) electrons. The van der Waals surface area contributed by atoms with Crippen molar-refractivity contribution in [2.24, 2.45) is 0 Å². The Bertz CT molecular complexity index is 622. The van der Waals surface area contributed by atoms with E-state index in [2.05, 4.69) is 4.98 Å². The molecule has 102 valence electrons. The molecule has 0 unspecified atom stereocenters. The molecule has 2 heterocycles. The molecule has 2 rings (SSSR count). The SMILES string of the molecule is COCCCn1cc(C)c2c(Cl)nc(C(=O)O)cc21. The summed E-state index contributed by atoms with van der Waals surface area (Å²) in [7, 11) is 1.66. The maximum Gasteiger partial charge on any atom is 0.354 e. The lowest BCUT2D eigenvalue weighted by atomic mass is 10.2. The van der Waals surface area contributed by atoms with Crippen LogP contribution < -0.4 is 0 Å². The van der Waals surface area contributed by atoms with Crippen molar-refractivity contribution < 1.29 is 14.6 Å². The zero-order valence-electron chi connectivity index (χ0n) is 10.8. The van der Waals surface area contributed by atoms with Gasteiger partial charge in [-0.15, -0.1) is 0 Å². The van der Waals surface area contributed by atoms with E-state index in [0.29, 0.717) is 6.61 Å². The van der Waals surface area contributed by atoms with E-state index < -0.39 is 5.97 Å². The summed E-state index contributed by atoms with van der Waals surface area (Å²) >= 11 is 6.07. The zero-order chi connectivity index (χ0) is 14.0. The summed E-state index contributed by atoms with van der Waals surface area (Å²) in [5, 5.41) is 10.1. The molecule has 0 bridgehead atoms. The molecule has 0 aliphatic rings. The number of fused-ring (bicyclic) bond motifs is 1. The van der Waals surface area contributed by atoms with Crippen LogP contribution in [0.1, 0.15) is 22.5 Å². The summed E-state index contributed by atoms with van der Waals surface area (Å²) in [4.78, 5) is 14.9. The van der Waals surface area contributed by atoms with Crippen LogP contribution in [0, 0.1) is 6.92 Å². The highest BCUT2D eigenvalue weighted by Crippen LogP contribution is 2.28. The predicted molar refractivity (Wildman–Crippen MR) is 72.9 cm³/mol. The van der Waals surface area contributed by atoms with Crippen LogP contribution >= 0.6 is 11.6 Å². The highest BCUT2D eigenvalue weighted by atomic mass is 35.5. The monoisotopic (exact) mass is 282 g/mol. The Hall–Kier alpha value is -1.59. The molecule has 19 heavy (non-hydrogen) atoms. The number of methoxy groups -OCH3 is 1. The van der Waals surface area contributed by atoms with Crippen molar-refractivity contribution in [3.05, 3.63) is 28.7 Å². The Labute approximate surface area is 115 Å². The normalized spacial score (nSPS) is 11.1. The van der Waals surface area contributed by atoms with Gasteiger partial charge in [0.2, 0.25) is 0 Å². The highest BCUT2D eigenvalue weighted by Gasteiger charge is 2.15. The van der Waals surface area contributed by atoms with Crippen molar-refractivity contribution in [3.8, 4) is 0 Å². The fourth-order valence-corrected chi connectivity index (χ4v) is 2.47. The van der Waals surface area contributed by atoms with Crippen molar-refractivity contribution in [3.63, 3.8) is 0 Å². The summed E-state index contributed by atoms with van der Waals surface area (Å²) in [6.45, 7) is 3.34. The van der Waals surface area contributed by atoms with Crippen molar-refractivity contribution >= 4 is 28.5 Å². The quantitative estimate of drug-likeness (QED) is 0.676. The lowest BCUT2D eigenvalue weighted by Gasteiger charge is -2.06. The van der Waals surface area contributed by atoms with Gasteiger partial charge in [0.05, 0.1) is 5.52 Å². The summed E-state index contributed by atoms with van der Waals surface area (Å²) in [6.07, 6.45) is 2.81. The van der Waals surface area contributed by atoms with E-state index in [-0.39, 0.29) is 10.8 Å². The fourth-order valence-electron chi connectivity index (χ4n) is 2.13. The predicted octanol–water partition coefficient (Wildman–Crippen LogP) is 2.73. The second-order valence-corrected chi connectivity index (χ2v) is 4.71. The highest BCUT2D eigenvalue weighted by molar-refractivity contribution is 6.34. The summed E-state index contributed by atoms with van der Waals surface area (Å²) in [5.41, 5.74) is 1.75. The molecule has 0 fully saturated rings. The number of aromatic carboxylic acids is 1. The molecule has 0 saturated carbocycles. The van der Waals surface area contributed by atoms with E-state index in [1.165, 1.54) is 0 Å². The smallest absolute Gasteiger partial charge is 0.354 e. The molecule has 5 nitrogen and oxygen atoms in total. The number of carboxylic acids is 1. The Morgan fingerprint density at radius 1 is 1.58 bits per heavy atom. The lowest BCUT2D eigenvalue weighted by molar-refractivity contribution is 0.0690. The molecule has 0 aliphatic heterocycles. The molecule has 0 amide bonds. The lowest BCUT2D eigenvalue weighted by Crippen LogP contribution is -2.03. The van der Waals surface area contributed by atoms with Gasteiger partial charge in [0.1, 0.15) is 5.15 Å². The van der Waals surface area contributed by atoms with Crippen molar-refractivity contribution in [1.82, 2.24) is 9.55 Å². The average Bonchev–Trinajstić information content (AvgIpc) is 2.67. The summed E-state index contributed by atoms with van der Waals surface area (Å²) in [5.74, 6) is -1.08. The second-order valence-electron chi connectivity index (χ2n) is 4.35. The Balaban J connectivity index is 2.50. The first-order valence-electron chi connectivity index (χ1n) is 5.92. The van der Waals surface area contributed by atoms with E-state index in [1.807, 2.05) is 17.7 Å². The van der Waals surface area contributed by atoms with Crippen LogP contribution in [0.5, 0.6) is 0 Å². The van der Waals surface area contributed by atoms with Gasteiger partial charge < -0.3 is 14.4 Å². The average molecular weight is 283 g/mol. The number of hydrogen-bond acceptors (Lipinski definition) is 3. The van der Waals surface area contributed by atoms with Crippen LogP contribution in [-0.4, -0.2) is 34.3 Å². The molecular formula is C13H15ClN2O3. The van der Waals surface area contributed by atoms with Crippen LogP contribution in [0.25, 0.3) is 10.9 Å². The standard InChI is InChI=1S/C13H15ClN2O3/c1-8-7-16(4-3-5-19-2)10-6-9(13(17)18)15-12(14)11(8)10/h6-7H,3-5H2,1-2H3,(H,17,18). The van der Waals surface area contributed by atoms with Gasteiger partial charge in [-0.1, -0.05) is 11.6 Å². The number of rotatable bonds is 5. The molecule has 0 spiro atoms. The van der Waals surface area contributed by atoms with Gasteiger partial charge in [0.25, 0.3) is 0 Å². The molecular weight excluding hydrogens is 268 g/mol. The van der Waals surface area contributed by atoms with E-state index >= 15 is 0 Å². The van der Waals surface area contributed by atoms with Gasteiger partial charge in [-0.25, -0.2) is 9.78 Å². The van der Waals surface area contributed by atoms with E-state index in [9.17, 15) is 4.79 Å². The molecule has 1 N–H and O–H groups in total. The minimum Gasteiger partial charge on any atom is -0.477 e. The Morgan fingerprint density at radius 2 is 2.32 bits per heavy atom. The molecule has 6 heteroatoms. The minimum absolute atomic E-state index is 0.0383. The Morgan fingerprint density at radius 3 is 2.95 bits per heavy atom. The van der Waals surface area contributed by atoms with Gasteiger partial charge in [-0.3, -0.25) is 0 Å². The minimum atomic E-state index is -1.08. The van der Waals surface area contributed by atoms with Crippen LogP contribution in [-0.2, 0) is 11.3 Å². The van der Waals surface area contributed by atoms with E-state index in [4.69, 9.17) is 21.4 Å². The molecule has 0 aromatic carbocycles. The molecule has 2 aromatic heterocycles. The maximum atomic E-state index is 11.0. The summed E-state index contributed by atoms with van der Waals surface area (Å²) < 4.78 is 7.01. The van der Waals surface area contributed by atoms with Crippen molar-refractivity contribution in [2.45, 2.75) is 19.9 Å². The van der Waals surface area contributed by atoms with Gasteiger partial charge in [-0.05, 0) is 25.0 Å². The van der Waals surface area contributed by atoms with Gasteiger partial charge >= 0.3 is 5.97 Å². The van der Waals surface area contributed by atoms with Crippen molar-refractivity contribution in [2.75, 3.05) is 13.7 Å². The molecule has 2 aromatic rings. The van der Waals surface area contributed by atoms with Crippen LogP contribution in [0.4, 0.5) is 0 Å². The summed E-state index contributed by atoms with van der Waals surface area (Å²) in [6, 6.07) is 1.56. The third-order valence-corrected chi connectivity index (χ3v) is 3.25. The number of ether oxygens (including phenoxy) is 1. The van der Waals surface area contributed by atoms with Crippen LogP contribution in [0.15, 0.2) is 12.3 Å². The van der Waals surface area contributed by atoms with Gasteiger partial charge in [0, 0.05) is 31.8 Å². The first kappa shape index (κ1) is 13.8. The first-order chi connectivity index (χ1) is 9.04. The number of nitrogens with zero attached hydrogens (tertiary/aromatic N) is 2. The number of aryl methyl sites for hydroxylation is 2. The number of halogens is 1. The third kappa shape index (κ3) is 2.72. The second kappa shape index (κ2) is 5.59. The molecule has 0 aliphatic carbocycles. The van der Waals surface area contributed by atoms with Crippen molar-refractivity contribution in [1.29, 1.82) is 0 Å². The van der Waals surface area contributed by atoms with Gasteiger partial charge in [-0.2, -0.15) is 0 Å². The molecule has 0 atom stereocenters. The van der Waals surface area contributed by atoms with Gasteiger partial charge in [0.15, 0.2) is 5.69 Å². The zero-order valence-corrected chi connectivity index (χ0v) is 11.6. The van der Waals surface area contributed by atoms with E-state index in [1.54, 1.807) is 13.2 Å². The van der Waals surface area contributed by atoms with E-state index in [0.717, 1.165) is 29.4 Å². The van der Waals surface area contributed by atoms with Crippen LogP contribution in [0.2, 0.25) is 5.15 Å². The third-order valence-electron chi connectivity index (χ3n) is 2.97. The van der Waals surface area contributed by atoms with Crippen LogP contribution in [0.3, 0.4) is 0 Å².